The SMILES string of the molecule is O=P1(O)OC2=C(c3c(c(Cc4ccc(C(F)(F)F)cc4C(F)(F)F)cc4ccccc34)O1)C1C=CC=CC1C=C2Cc1ccc(C(F)(F)F)cc1C(F)(F)F. The maximum absolute atomic E-state index is 14.3. The second-order valence-electron chi connectivity index (χ2n) is 13.0. The molecule has 4 aromatic rings. The molecule has 1 aliphatic heterocycles. The van der Waals surface area contributed by atoms with Crippen LogP contribution in [0.25, 0.3) is 16.3 Å². The summed E-state index contributed by atoms with van der Waals surface area (Å²) in [6.45, 7) is 0. The van der Waals surface area contributed by atoms with Gasteiger partial charge in [-0.2, -0.15) is 52.7 Å². The largest absolute Gasteiger partial charge is 0.584 e. The first-order valence-corrected chi connectivity index (χ1v) is 17.6. The summed E-state index contributed by atoms with van der Waals surface area (Å²) in [6, 6.07) is 9.69. The minimum Gasteiger partial charge on any atom is -0.395 e. The van der Waals surface area contributed by atoms with Gasteiger partial charge in [-0.25, -0.2) is 4.57 Å². The number of halogens is 12. The van der Waals surface area contributed by atoms with E-state index < -0.39 is 102 Å². The van der Waals surface area contributed by atoms with E-state index >= 15 is 0 Å². The molecule has 0 saturated heterocycles. The second-order valence-corrected chi connectivity index (χ2v) is 14.3. The van der Waals surface area contributed by atoms with Crippen LogP contribution in [0.4, 0.5) is 52.7 Å². The van der Waals surface area contributed by atoms with Gasteiger partial charge in [-0.1, -0.05) is 66.8 Å². The zero-order valence-electron chi connectivity index (χ0n) is 27.5. The molecule has 7 rings (SSSR count). The van der Waals surface area contributed by atoms with E-state index in [0.717, 1.165) is 0 Å². The average Bonchev–Trinajstić information content (AvgIpc) is 3.20. The minimum atomic E-state index is -5.38. The molecule has 0 spiro atoms. The van der Waals surface area contributed by atoms with Crippen LogP contribution in [0.5, 0.6) is 5.75 Å². The number of hydrogen-bond donors (Lipinski definition) is 1. The Morgan fingerprint density at radius 2 is 1.20 bits per heavy atom. The number of phosphoric acid groups is 1. The summed E-state index contributed by atoms with van der Waals surface area (Å²) in [5.74, 6) is -2.36. The van der Waals surface area contributed by atoms with Gasteiger partial charge in [0.25, 0.3) is 0 Å². The van der Waals surface area contributed by atoms with Crippen LogP contribution in [-0.2, 0) is 46.6 Å². The van der Waals surface area contributed by atoms with Gasteiger partial charge < -0.3 is 9.05 Å². The molecule has 0 amide bonds. The van der Waals surface area contributed by atoms with Crippen molar-refractivity contribution in [3.8, 4) is 5.75 Å². The van der Waals surface area contributed by atoms with E-state index in [1.165, 1.54) is 12.1 Å². The van der Waals surface area contributed by atoms with Crippen LogP contribution in [0.15, 0.2) is 108 Å². The van der Waals surface area contributed by atoms with Gasteiger partial charge in [0.05, 0.1) is 22.3 Å². The maximum atomic E-state index is 14.3. The molecule has 17 heteroatoms. The van der Waals surface area contributed by atoms with Crippen molar-refractivity contribution in [3.05, 3.63) is 153 Å². The van der Waals surface area contributed by atoms with E-state index in [0.29, 0.717) is 35.0 Å². The molecular weight excluding hydrogens is 779 g/mol. The molecule has 2 aliphatic carbocycles. The summed E-state index contributed by atoms with van der Waals surface area (Å²) in [5.41, 5.74) is -7.85. The van der Waals surface area contributed by atoms with Gasteiger partial charge in [0.2, 0.25) is 0 Å². The second kappa shape index (κ2) is 13.1. The molecule has 288 valence electrons. The predicted octanol–water partition coefficient (Wildman–Crippen LogP) is 12.3. The van der Waals surface area contributed by atoms with E-state index in [1.54, 1.807) is 48.6 Å². The fraction of sp³-hybridized carbons (Fsp3) is 0.211. The van der Waals surface area contributed by atoms with E-state index in [4.69, 9.17) is 9.05 Å². The van der Waals surface area contributed by atoms with E-state index in [-0.39, 0.29) is 34.4 Å². The highest BCUT2D eigenvalue weighted by Gasteiger charge is 2.45. The Morgan fingerprint density at radius 1 is 0.636 bits per heavy atom. The summed E-state index contributed by atoms with van der Waals surface area (Å²) >= 11 is 0. The van der Waals surface area contributed by atoms with Crippen LogP contribution in [-0.4, -0.2) is 4.89 Å². The highest BCUT2D eigenvalue weighted by molar-refractivity contribution is 7.48. The molecule has 3 atom stereocenters. The third-order valence-electron chi connectivity index (χ3n) is 9.45. The fourth-order valence-corrected chi connectivity index (χ4v) is 8.05. The van der Waals surface area contributed by atoms with Crippen molar-refractivity contribution in [1.82, 2.24) is 0 Å². The molecule has 4 aromatic carbocycles. The van der Waals surface area contributed by atoms with Crippen molar-refractivity contribution in [3.63, 3.8) is 0 Å². The quantitative estimate of drug-likeness (QED) is 0.165. The number of fused-ring (bicyclic) bond motifs is 6. The first kappa shape index (κ1) is 38.3. The Bertz CT molecular complexity index is 2400. The number of hydrogen-bond acceptors (Lipinski definition) is 3. The Hall–Kier alpha value is -4.95. The molecule has 4 nitrogen and oxygen atoms in total. The van der Waals surface area contributed by atoms with Gasteiger partial charge >= 0.3 is 32.5 Å². The van der Waals surface area contributed by atoms with Gasteiger partial charge in [-0.05, 0) is 57.8 Å². The zero-order chi connectivity index (χ0) is 39.9. The van der Waals surface area contributed by atoms with Crippen molar-refractivity contribution in [2.24, 2.45) is 11.8 Å². The highest BCUT2D eigenvalue weighted by atomic mass is 31.2. The van der Waals surface area contributed by atoms with Crippen LogP contribution < -0.4 is 4.52 Å². The van der Waals surface area contributed by atoms with Crippen LogP contribution >= 0.6 is 7.82 Å². The van der Waals surface area contributed by atoms with Gasteiger partial charge in [0, 0.05) is 41.4 Å². The lowest BCUT2D eigenvalue weighted by Gasteiger charge is -2.33. The molecule has 0 bridgehead atoms. The van der Waals surface area contributed by atoms with Crippen LogP contribution in [0.1, 0.15) is 44.5 Å². The van der Waals surface area contributed by atoms with Gasteiger partial charge in [-0.3, -0.25) is 4.89 Å². The first-order chi connectivity index (χ1) is 25.5. The molecule has 1 heterocycles. The minimum absolute atomic E-state index is 0.0133. The fourth-order valence-electron chi connectivity index (χ4n) is 7.12. The predicted molar refractivity (Wildman–Crippen MR) is 175 cm³/mol. The molecular formula is C38H23F12O4P. The van der Waals surface area contributed by atoms with Crippen LogP contribution in [0, 0.1) is 11.8 Å². The number of allylic oxidation sites excluding steroid dienone is 7. The Labute approximate surface area is 303 Å². The van der Waals surface area contributed by atoms with Crippen molar-refractivity contribution in [2.45, 2.75) is 37.5 Å². The Balaban J connectivity index is 1.47. The smallest absolute Gasteiger partial charge is 0.395 e. The third-order valence-corrected chi connectivity index (χ3v) is 10.3. The number of benzene rings is 4. The van der Waals surface area contributed by atoms with E-state index in [1.807, 2.05) is 0 Å². The van der Waals surface area contributed by atoms with E-state index in [9.17, 15) is 62.1 Å². The summed E-state index contributed by atoms with van der Waals surface area (Å²) in [4.78, 5) is 11.1. The van der Waals surface area contributed by atoms with Crippen molar-refractivity contribution < 1.29 is 71.2 Å². The summed E-state index contributed by atoms with van der Waals surface area (Å²) in [5, 5.41) is 0.642. The molecule has 3 aliphatic rings. The van der Waals surface area contributed by atoms with Crippen LogP contribution in [0.3, 0.4) is 0 Å². The van der Waals surface area contributed by atoms with Crippen LogP contribution in [0.2, 0.25) is 0 Å². The van der Waals surface area contributed by atoms with Gasteiger partial charge in [0.15, 0.2) is 0 Å². The van der Waals surface area contributed by atoms with Crippen molar-refractivity contribution in [2.75, 3.05) is 0 Å². The lowest BCUT2D eigenvalue weighted by molar-refractivity contribution is -0.145. The third kappa shape index (κ3) is 7.41. The average molecular weight is 803 g/mol. The molecule has 1 N–H and O–H groups in total. The van der Waals surface area contributed by atoms with E-state index in [2.05, 4.69) is 0 Å². The molecule has 3 unspecified atom stereocenters. The highest BCUT2D eigenvalue weighted by Crippen LogP contribution is 2.60. The summed E-state index contributed by atoms with van der Waals surface area (Å²) in [7, 11) is -5.38. The summed E-state index contributed by atoms with van der Waals surface area (Å²) < 4.78 is 191. The molecule has 0 aromatic heterocycles. The van der Waals surface area contributed by atoms with Gasteiger partial charge in [0.1, 0.15) is 11.5 Å². The Morgan fingerprint density at radius 3 is 1.78 bits per heavy atom. The normalized spacial score (nSPS) is 21.3. The molecule has 0 fully saturated rings. The molecule has 55 heavy (non-hydrogen) atoms. The lowest BCUT2D eigenvalue weighted by Crippen LogP contribution is -2.22. The number of alkyl halides is 12. The summed E-state index contributed by atoms with van der Waals surface area (Å²) in [6.07, 6.45) is -14.3. The molecule has 0 saturated carbocycles. The van der Waals surface area contributed by atoms with Gasteiger partial charge in [-0.15, -0.1) is 0 Å². The standard InChI is InChI=1S/C38H23F12O4P/c39-35(40,41)25-11-9-21(29(17-25)37(45,46)47)15-23-13-19-5-1-3-7-27(19)31-32-28-8-4-2-6-20(28)14-24(34(32)54-55(51,52)53-33(23)31)16-22-10-12-26(36(42,43)44)18-30(22)38(48,49)50/h1-14,17-19,27H,15-16H2,(H,51,52). The lowest BCUT2D eigenvalue weighted by atomic mass is 9.72. The Kier molecular flexibility index (Phi) is 9.12. The maximum Gasteiger partial charge on any atom is 0.584 e. The number of phosphoric ester groups is 1. The number of rotatable bonds is 4. The molecule has 0 radical (unpaired) electrons. The van der Waals surface area contributed by atoms with Crippen molar-refractivity contribution in [1.29, 1.82) is 0 Å². The first-order valence-electron chi connectivity index (χ1n) is 16.1. The van der Waals surface area contributed by atoms with Crippen molar-refractivity contribution >= 4 is 24.2 Å². The topological polar surface area (TPSA) is 55.8 Å². The monoisotopic (exact) mass is 802 g/mol. The zero-order valence-corrected chi connectivity index (χ0v) is 28.4.